The predicted octanol–water partition coefficient (Wildman–Crippen LogP) is 4.84. The summed E-state index contributed by atoms with van der Waals surface area (Å²) in [7, 11) is 0. The fourth-order valence-corrected chi connectivity index (χ4v) is 2.89. The van der Waals surface area contributed by atoms with Crippen LogP contribution in [-0.2, 0) is 0 Å². The standard InChI is InChI=1S/C15H22O2S/c1-2-3-4-5-6-9-12-18-14-11-8-7-10-13(14)15(16)17/h7-8,10-11H,2-6,9,12H2,1H3,(H,16,17). The zero-order valence-corrected chi connectivity index (χ0v) is 11.8. The van der Waals surface area contributed by atoms with E-state index in [9.17, 15) is 4.79 Å². The van der Waals surface area contributed by atoms with Crippen LogP contribution in [0.1, 0.15) is 55.8 Å². The van der Waals surface area contributed by atoms with E-state index < -0.39 is 5.97 Å². The summed E-state index contributed by atoms with van der Waals surface area (Å²) in [6, 6.07) is 7.24. The molecule has 0 aliphatic rings. The Bertz CT molecular complexity index is 363. The summed E-state index contributed by atoms with van der Waals surface area (Å²) in [4.78, 5) is 11.9. The summed E-state index contributed by atoms with van der Waals surface area (Å²) in [6.07, 6.45) is 7.65. The minimum Gasteiger partial charge on any atom is -0.478 e. The van der Waals surface area contributed by atoms with Gasteiger partial charge < -0.3 is 5.11 Å². The Hall–Kier alpha value is -0.960. The Balaban J connectivity index is 2.25. The Kier molecular flexibility index (Phi) is 7.58. The van der Waals surface area contributed by atoms with Crippen LogP contribution in [0.25, 0.3) is 0 Å². The van der Waals surface area contributed by atoms with E-state index in [1.165, 1.54) is 38.5 Å². The van der Waals surface area contributed by atoms with Gasteiger partial charge >= 0.3 is 5.97 Å². The molecule has 1 aromatic carbocycles. The molecule has 0 heterocycles. The summed E-state index contributed by atoms with van der Waals surface area (Å²) in [5.41, 5.74) is 0.425. The number of unbranched alkanes of at least 4 members (excludes halogenated alkanes) is 5. The van der Waals surface area contributed by atoms with Gasteiger partial charge in [-0.15, -0.1) is 11.8 Å². The quantitative estimate of drug-likeness (QED) is 0.513. The van der Waals surface area contributed by atoms with Gasteiger partial charge in [0.1, 0.15) is 0 Å². The Morgan fingerprint density at radius 2 is 1.78 bits per heavy atom. The maximum atomic E-state index is 11.0. The average molecular weight is 266 g/mol. The fraction of sp³-hybridized carbons (Fsp3) is 0.533. The van der Waals surface area contributed by atoms with Gasteiger partial charge in [0.05, 0.1) is 5.56 Å². The van der Waals surface area contributed by atoms with Gasteiger partial charge in [-0.3, -0.25) is 0 Å². The smallest absolute Gasteiger partial charge is 0.336 e. The minimum absolute atomic E-state index is 0.425. The highest BCUT2D eigenvalue weighted by atomic mass is 32.2. The van der Waals surface area contributed by atoms with Gasteiger partial charge in [-0.05, 0) is 24.3 Å². The molecule has 1 aromatic rings. The summed E-state index contributed by atoms with van der Waals surface area (Å²) in [5.74, 6) is 0.178. The van der Waals surface area contributed by atoms with Gasteiger partial charge in [0.2, 0.25) is 0 Å². The highest BCUT2D eigenvalue weighted by Gasteiger charge is 2.08. The number of carboxylic acid groups (broad SMARTS) is 1. The van der Waals surface area contributed by atoms with Crippen molar-refractivity contribution in [2.45, 2.75) is 50.3 Å². The zero-order valence-electron chi connectivity index (χ0n) is 11.0. The van der Waals surface area contributed by atoms with Crippen molar-refractivity contribution in [3.05, 3.63) is 29.8 Å². The van der Waals surface area contributed by atoms with Crippen LogP contribution >= 0.6 is 11.8 Å². The first-order valence-corrected chi connectivity index (χ1v) is 7.69. The molecule has 0 aliphatic carbocycles. The van der Waals surface area contributed by atoms with Crippen molar-refractivity contribution in [1.29, 1.82) is 0 Å². The number of carbonyl (C=O) groups is 1. The second-order valence-corrected chi connectivity index (χ2v) is 5.55. The van der Waals surface area contributed by atoms with E-state index in [1.807, 2.05) is 12.1 Å². The third-order valence-electron chi connectivity index (χ3n) is 2.87. The summed E-state index contributed by atoms with van der Waals surface area (Å²) in [5, 5.41) is 9.05. The first kappa shape index (κ1) is 15.1. The molecule has 3 heteroatoms. The monoisotopic (exact) mass is 266 g/mol. The maximum Gasteiger partial charge on any atom is 0.336 e. The number of benzene rings is 1. The van der Waals surface area contributed by atoms with Gasteiger partial charge in [0, 0.05) is 4.90 Å². The Morgan fingerprint density at radius 3 is 2.50 bits per heavy atom. The third kappa shape index (κ3) is 5.58. The van der Waals surface area contributed by atoms with E-state index >= 15 is 0 Å². The molecule has 2 nitrogen and oxygen atoms in total. The number of aromatic carboxylic acids is 1. The molecule has 1 rings (SSSR count). The number of thioether (sulfide) groups is 1. The normalized spacial score (nSPS) is 10.5. The van der Waals surface area contributed by atoms with Gasteiger partial charge in [0.25, 0.3) is 0 Å². The highest BCUT2D eigenvalue weighted by Crippen LogP contribution is 2.24. The maximum absolute atomic E-state index is 11.0. The topological polar surface area (TPSA) is 37.3 Å². The van der Waals surface area contributed by atoms with E-state index in [0.717, 1.165) is 10.6 Å². The van der Waals surface area contributed by atoms with Crippen molar-refractivity contribution < 1.29 is 9.90 Å². The van der Waals surface area contributed by atoms with E-state index in [0.29, 0.717) is 5.56 Å². The predicted molar refractivity (Wildman–Crippen MR) is 77.5 cm³/mol. The van der Waals surface area contributed by atoms with Gasteiger partial charge in [-0.2, -0.15) is 0 Å². The van der Waals surface area contributed by atoms with Gasteiger partial charge in [-0.25, -0.2) is 4.79 Å². The summed E-state index contributed by atoms with van der Waals surface area (Å²) < 4.78 is 0. The van der Waals surface area contributed by atoms with Crippen molar-refractivity contribution in [3.63, 3.8) is 0 Å². The van der Waals surface area contributed by atoms with Crippen molar-refractivity contribution in [2.24, 2.45) is 0 Å². The number of rotatable bonds is 9. The van der Waals surface area contributed by atoms with E-state index in [-0.39, 0.29) is 0 Å². The summed E-state index contributed by atoms with van der Waals surface area (Å²) in [6.45, 7) is 2.22. The largest absolute Gasteiger partial charge is 0.478 e. The fourth-order valence-electron chi connectivity index (χ4n) is 1.83. The average Bonchev–Trinajstić information content (AvgIpc) is 2.38. The van der Waals surface area contributed by atoms with Crippen LogP contribution in [0.3, 0.4) is 0 Å². The lowest BCUT2D eigenvalue weighted by atomic mass is 10.1. The number of carboxylic acids is 1. The third-order valence-corrected chi connectivity index (χ3v) is 4.03. The molecule has 100 valence electrons. The molecule has 0 spiro atoms. The highest BCUT2D eigenvalue weighted by molar-refractivity contribution is 7.99. The Labute approximate surface area is 114 Å². The second kappa shape index (κ2) is 9.03. The molecule has 0 aliphatic heterocycles. The molecule has 1 N–H and O–H groups in total. The summed E-state index contributed by atoms with van der Waals surface area (Å²) >= 11 is 1.66. The molecule has 0 aromatic heterocycles. The number of hydrogen-bond donors (Lipinski definition) is 1. The lowest BCUT2D eigenvalue weighted by molar-refractivity contribution is 0.0693. The van der Waals surface area contributed by atoms with Crippen molar-refractivity contribution in [3.8, 4) is 0 Å². The molecule has 0 fully saturated rings. The van der Waals surface area contributed by atoms with Crippen LogP contribution < -0.4 is 0 Å². The molecule has 0 unspecified atom stereocenters. The van der Waals surface area contributed by atoms with Crippen LogP contribution in [0.4, 0.5) is 0 Å². The van der Waals surface area contributed by atoms with E-state index in [1.54, 1.807) is 23.9 Å². The van der Waals surface area contributed by atoms with Crippen molar-refractivity contribution >= 4 is 17.7 Å². The molecule has 0 amide bonds. The van der Waals surface area contributed by atoms with Crippen LogP contribution in [-0.4, -0.2) is 16.8 Å². The molecular formula is C15H22O2S. The first-order valence-electron chi connectivity index (χ1n) is 6.70. The van der Waals surface area contributed by atoms with Crippen LogP contribution in [0.15, 0.2) is 29.2 Å². The van der Waals surface area contributed by atoms with Gasteiger partial charge in [-0.1, -0.05) is 51.2 Å². The zero-order chi connectivity index (χ0) is 13.2. The Morgan fingerprint density at radius 1 is 1.11 bits per heavy atom. The number of hydrogen-bond acceptors (Lipinski definition) is 2. The van der Waals surface area contributed by atoms with Gasteiger partial charge in [0.15, 0.2) is 0 Å². The molecule has 18 heavy (non-hydrogen) atoms. The first-order chi connectivity index (χ1) is 8.75. The van der Waals surface area contributed by atoms with Crippen LogP contribution in [0.2, 0.25) is 0 Å². The van der Waals surface area contributed by atoms with E-state index in [2.05, 4.69) is 6.92 Å². The SMILES string of the molecule is CCCCCCCCSc1ccccc1C(=O)O. The minimum atomic E-state index is -0.832. The van der Waals surface area contributed by atoms with Crippen LogP contribution in [0.5, 0.6) is 0 Å². The molecular weight excluding hydrogens is 244 g/mol. The van der Waals surface area contributed by atoms with E-state index in [4.69, 9.17) is 5.11 Å². The molecule has 0 radical (unpaired) electrons. The lowest BCUT2D eigenvalue weighted by Crippen LogP contribution is -1.98. The van der Waals surface area contributed by atoms with Crippen LogP contribution in [0, 0.1) is 0 Å². The molecule has 0 atom stereocenters. The second-order valence-electron chi connectivity index (χ2n) is 4.42. The molecule has 0 saturated carbocycles. The lowest BCUT2D eigenvalue weighted by Gasteiger charge is -2.05. The molecule has 0 bridgehead atoms. The van der Waals surface area contributed by atoms with Crippen molar-refractivity contribution in [1.82, 2.24) is 0 Å². The van der Waals surface area contributed by atoms with Crippen molar-refractivity contribution in [2.75, 3.05) is 5.75 Å². The molecule has 0 saturated heterocycles.